The van der Waals surface area contributed by atoms with Crippen LogP contribution in [-0.4, -0.2) is 24.9 Å². The van der Waals surface area contributed by atoms with Gasteiger partial charge in [-0.15, -0.1) is 0 Å². The van der Waals surface area contributed by atoms with Crippen LogP contribution in [0.5, 0.6) is 0 Å². The van der Waals surface area contributed by atoms with E-state index in [0.29, 0.717) is 17.8 Å². The highest BCUT2D eigenvalue weighted by Crippen LogP contribution is 2.60. The van der Waals surface area contributed by atoms with Gasteiger partial charge in [0.15, 0.2) is 0 Å². The maximum atomic E-state index is 13.0. The average Bonchev–Trinajstić information content (AvgIpc) is 2.63. The van der Waals surface area contributed by atoms with E-state index in [-0.39, 0.29) is 24.4 Å². The third-order valence-corrected chi connectivity index (χ3v) is 6.69. The standard InChI is InChI=1S/C21H25F3N2O2/c22-21(23,24)17-4-2-1-3-16(17)18(27)25-5-6-26-19(28)20-10-13-7-14(11-20)9-15(8-13)12-20/h1-4,13-15H,5-12H2,(H,25,27)(H,26,28). The lowest BCUT2D eigenvalue weighted by Gasteiger charge is -2.55. The summed E-state index contributed by atoms with van der Waals surface area (Å²) < 4.78 is 39.1. The number of carbonyl (C=O) groups excluding carboxylic acids is 2. The van der Waals surface area contributed by atoms with Crippen molar-refractivity contribution in [3.05, 3.63) is 35.4 Å². The summed E-state index contributed by atoms with van der Waals surface area (Å²) in [6.07, 6.45) is 2.03. The van der Waals surface area contributed by atoms with E-state index in [1.807, 2.05) is 0 Å². The number of rotatable bonds is 5. The van der Waals surface area contributed by atoms with E-state index in [2.05, 4.69) is 10.6 Å². The van der Waals surface area contributed by atoms with Crippen molar-refractivity contribution in [2.24, 2.45) is 23.2 Å². The van der Waals surface area contributed by atoms with Gasteiger partial charge in [0.2, 0.25) is 5.91 Å². The quantitative estimate of drug-likeness (QED) is 0.747. The molecule has 28 heavy (non-hydrogen) atoms. The molecule has 0 aromatic heterocycles. The summed E-state index contributed by atoms with van der Waals surface area (Å²) in [7, 11) is 0. The van der Waals surface area contributed by atoms with Gasteiger partial charge in [-0.25, -0.2) is 0 Å². The minimum absolute atomic E-state index is 0.0524. The molecule has 0 radical (unpaired) electrons. The van der Waals surface area contributed by atoms with Crippen LogP contribution < -0.4 is 10.6 Å². The SMILES string of the molecule is O=C(NCCNC(=O)C12CC3CC(CC(C3)C1)C2)c1ccccc1C(F)(F)F. The van der Waals surface area contributed by atoms with Gasteiger partial charge in [-0.3, -0.25) is 9.59 Å². The summed E-state index contributed by atoms with van der Waals surface area (Å²) in [5.41, 5.74) is -1.62. The third kappa shape index (κ3) is 3.63. The molecule has 2 amide bonds. The zero-order valence-electron chi connectivity index (χ0n) is 15.6. The van der Waals surface area contributed by atoms with Gasteiger partial charge in [0.1, 0.15) is 0 Å². The van der Waals surface area contributed by atoms with Crippen LogP contribution in [0.2, 0.25) is 0 Å². The highest BCUT2D eigenvalue weighted by atomic mass is 19.4. The molecule has 4 bridgehead atoms. The highest BCUT2D eigenvalue weighted by Gasteiger charge is 2.54. The molecule has 2 N–H and O–H groups in total. The fourth-order valence-electron chi connectivity index (χ4n) is 5.95. The molecular weight excluding hydrogens is 369 g/mol. The Morgan fingerprint density at radius 2 is 1.46 bits per heavy atom. The number of benzene rings is 1. The first-order chi connectivity index (χ1) is 13.3. The van der Waals surface area contributed by atoms with Gasteiger partial charge in [0, 0.05) is 18.5 Å². The smallest absolute Gasteiger partial charge is 0.354 e. The van der Waals surface area contributed by atoms with Gasteiger partial charge in [-0.1, -0.05) is 12.1 Å². The van der Waals surface area contributed by atoms with Crippen LogP contribution in [0, 0.1) is 23.2 Å². The summed E-state index contributed by atoms with van der Waals surface area (Å²) in [5, 5.41) is 5.40. The van der Waals surface area contributed by atoms with Crippen molar-refractivity contribution in [2.45, 2.75) is 44.7 Å². The monoisotopic (exact) mass is 394 g/mol. The second kappa shape index (κ2) is 7.08. The van der Waals surface area contributed by atoms with Crippen LogP contribution in [0.3, 0.4) is 0 Å². The first kappa shape index (κ1) is 19.3. The Morgan fingerprint density at radius 1 is 0.929 bits per heavy atom. The third-order valence-electron chi connectivity index (χ3n) is 6.69. The Morgan fingerprint density at radius 3 is 2.04 bits per heavy atom. The van der Waals surface area contributed by atoms with Crippen LogP contribution in [0.25, 0.3) is 0 Å². The highest BCUT2D eigenvalue weighted by molar-refractivity contribution is 5.95. The molecule has 4 fully saturated rings. The molecular formula is C21H25F3N2O2. The van der Waals surface area contributed by atoms with Crippen LogP contribution >= 0.6 is 0 Å². The number of nitrogens with one attached hydrogen (secondary N) is 2. The van der Waals surface area contributed by atoms with Gasteiger partial charge >= 0.3 is 6.18 Å². The van der Waals surface area contributed by atoms with Crippen LogP contribution in [-0.2, 0) is 11.0 Å². The fourth-order valence-corrected chi connectivity index (χ4v) is 5.95. The van der Waals surface area contributed by atoms with Gasteiger partial charge in [-0.2, -0.15) is 13.2 Å². The summed E-state index contributed by atoms with van der Waals surface area (Å²) in [5.74, 6) is 1.26. The van der Waals surface area contributed by atoms with E-state index in [9.17, 15) is 22.8 Å². The Balaban J connectivity index is 1.30. The normalized spacial score (nSPS) is 30.9. The fraction of sp³-hybridized carbons (Fsp3) is 0.619. The van der Waals surface area contributed by atoms with Crippen molar-refractivity contribution in [3.63, 3.8) is 0 Å². The lowest BCUT2D eigenvalue weighted by molar-refractivity contribution is -0.146. The number of hydrogen-bond acceptors (Lipinski definition) is 2. The molecule has 1 aromatic carbocycles. The molecule has 7 heteroatoms. The summed E-state index contributed by atoms with van der Waals surface area (Å²) in [6.45, 7) is 0.323. The Labute approximate surface area is 162 Å². The lowest BCUT2D eigenvalue weighted by Crippen LogP contribution is -2.54. The molecule has 5 rings (SSSR count). The number of alkyl halides is 3. The summed E-state index contributed by atoms with van der Waals surface area (Å²) in [4.78, 5) is 25.0. The molecule has 0 aliphatic heterocycles. The lowest BCUT2D eigenvalue weighted by atomic mass is 9.49. The minimum atomic E-state index is -4.58. The van der Waals surface area contributed by atoms with E-state index in [1.54, 1.807) is 0 Å². The molecule has 0 heterocycles. The van der Waals surface area contributed by atoms with Gasteiger partial charge < -0.3 is 10.6 Å². The van der Waals surface area contributed by atoms with Gasteiger partial charge in [-0.05, 0) is 68.4 Å². The number of carbonyl (C=O) groups is 2. The zero-order valence-corrected chi connectivity index (χ0v) is 15.6. The first-order valence-electron chi connectivity index (χ1n) is 9.99. The second-order valence-electron chi connectivity index (χ2n) is 8.75. The molecule has 0 unspecified atom stereocenters. The molecule has 4 aliphatic carbocycles. The Hall–Kier alpha value is -2.05. The van der Waals surface area contributed by atoms with Gasteiger partial charge in [0.25, 0.3) is 5.91 Å². The first-order valence-corrected chi connectivity index (χ1v) is 9.99. The molecule has 4 saturated carbocycles. The second-order valence-corrected chi connectivity index (χ2v) is 8.75. The maximum absolute atomic E-state index is 13.0. The van der Waals surface area contributed by atoms with Crippen molar-refractivity contribution in [3.8, 4) is 0 Å². The van der Waals surface area contributed by atoms with E-state index in [1.165, 1.54) is 31.4 Å². The van der Waals surface area contributed by atoms with E-state index >= 15 is 0 Å². The predicted molar refractivity (Wildman–Crippen MR) is 97.4 cm³/mol. The van der Waals surface area contributed by atoms with Crippen molar-refractivity contribution in [1.82, 2.24) is 10.6 Å². The molecule has 0 atom stereocenters. The van der Waals surface area contributed by atoms with Crippen molar-refractivity contribution < 1.29 is 22.8 Å². The van der Waals surface area contributed by atoms with E-state index in [0.717, 1.165) is 31.4 Å². The van der Waals surface area contributed by atoms with Gasteiger partial charge in [0.05, 0.1) is 11.1 Å². The largest absolute Gasteiger partial charge is 0.417 e. The topological polar surface area (TPSA) is 58.2 Å². The maximum Gasteiger partial charge on any atom is 0.417 e. The van der Waals surface area contributed by atoms with Crippen LogP contribution in [0.1, 0.15) is 54.4 Å². The predicted octanol–water partition coefficient (Wildman–Crippen LogP) is 3.77. The van der Waals surface area contributed by atoms with Crippen LogP contribution in [0.4, 0.5) is 13.2 Å². The summed E-state index contributed by atoms with van der Waals surface area (Å²) in [6, 6.07) is 4.71. The average molecular weight is 394 g/mol. The molecule has 0 spiro atoms. The molecule has 4 aliphatic rings. The Bertz CT molecular complexity index is 740. The Kier molecular flexibility index (Phi) is 4.88. The zero-order chi connectivity index (χ0) is 19.9. The van der Waals surface area contributed by atoms with E-state index < -0.39 is 23.2 Å². The van der Waals surface area contributed by atoms with Crippen LogP contribution in [0.15, 0.2) is 24.3 Å². The summed E-state index contributed by atoms with van der Waals surface area (Å²) >= 11 is 0. The van der Waals surface area contributed by atoms with Crippen molar-refractivity contribution in [1.29, 1.82) is 0 Å². The van der Waals surface area contributed by atoms with Crippen molar-refractivity contribution in [2.75, 3.05) is 13.1 Å². The van der Waals surface area contributed by atoms with Crippen molar-refractivity contribution >= 4 is 11.8 Å². The molecule has 4 nitrogen and oxygen atoms in total. The molecule has 152 valence electrons. The number of halogens is 3. The minimum Gasteiger partial charge on any atom is -0.354 e. The molecule has 0 saturated heterocycles. The number of hydrogen-bond donors (Lipinski definition) is 2. The van der Waals surface area contributed by atoms with E-state index in [4.69, 9.17) is 0 Å². The number of amides is 2. The molecule has 1 aromatic rings.